The minimum Gasteiger partial charge on any atom is -0.451 e. The van der Waals surface area contributed by atoms with E-state index in [1.807, 2.05) is 0 Å². The second kappa shape index (κ2) is 3.68. The molecule has 0 aliphatic carbocycles. The van der Waals surface area contributed by atoms with Gasteiger partial charge in [-0.15, -0.1) is 11.6 Å². The van der Waals surface area contributed by atoms with Crippen LogP contribution in [0, 0.1) is 5.41 Å². The van der Waals surface area contributed by atoms with Gasteiger partial charge in [-0.05, 0) is 0 Å². The Morgan fingerprint density at radius 3 is 2.71 bits per heavy atom. The molecule has 0 bridgehead atoms. The van der Waals surface area contributed by atoms with E-state index in [9.17, 15) is 0 Å². The van der Waals surface area contributed by atoms with Gasteiger partial charge in [-0.1, -0.05) is 6.58 Å². The Morgan fingerprint density at radius 1 is 2.00 bits per heavy atom. The van der Waals surface area contributed by atoms with Crippen LogP contribution in [0.3, 0.4) is 0 Å². The highest BCUT2D eigenvalue weighted by Crippen LogP contribution is 1.81. The van der Waals surface area contributed by atoms with Crippen LogP contribution >= 0.6 is 11.6 Å². The molecule has 0 unspecified atom stereocenters. The molecule has 0 rings (SSSR count). The third kappa shape index (κ3) is 3.33. The van der Waals surface area contributed by atoms with E-state index in [2.05, 4.69) is 11.3 Å². The molecule has 0 aromatic heterocycles. The van der Waals surface area contributed by atoms with Crippen molar-refractivity contribution in [1.82, 2.24) is 0 Å². The molecule has 0 heterocycles. The number of halogens is 1. The SMILES string of the molecule is C=COC(=N)CCl. The molecule has 3 heteroatoms. The highest BCUT2D eigenvalue weighted by molar-refractivity contribution is 6.26. The molecule has 0 aromatic rings. The van der Waals surface area contributed by atoms with Gasteiger partial charge in [0.1, 0.15) is 0 Å². The highest BCUT2D eigenvalue weighted by atomic mass is 35.5. The summed E-state index contributed by atoms with van der Waals surface area (Å²) in [5.74, 6) is 0.128. The van der Waals surface area contributed by atoms with Gasteiger partial charge in [0.15, 0.2) is 0 Å². The van der Waals surface area contributed by atoms with Crippen LogP contribution in [0.25, 0.3) is 0 Å². The Kier molecular flexibility index (Phi) is 3.42. The van der Waals surface area contributed by atoms with E-state index < -0.39 is 0 Å². The Labute approximate surface area is 47.2 Å². The summed E-state index contributed by atoms with van der Waals surface area (Å²) >= 11 is 5.13. The van der Waals surface area contributed by atoms with Crippen LogP contribution in [0.4, 0.5) is 0 Å². The Bertz CT molecular complexity index is 81.8. The van der Waals surface area contributed by atoms with Crippen LogP contribution in [0.5, 0.6) is 0 Å². The molecule has 0 atom stereocenters. The fraction of sp³-hybridized carbons (Fsp3) is 0.250. The van der Waals surface area contributed by atoms with Gasteiger partial charge >= 0.3 is 0 Å². The summed E-state index contributed by atoms with van der Waals surface area (Å²) in [5.41, 5.74) is 0. The average molecular weight is 120 g/mol. The van der Waals surface area contributed by atoms with Crippen molar-refractivity contribution in [1.29, 1.82) is 5.41 Å². The maximum atomic E-state index is 6.71. The Morgan fingerprint density at radius 2 is 2.57 bits per heavy atom. The topological polar surface area (TPSA) is 33.1 Å². The zero-order valence-corrected chi connectivity index (χ0v) is 4.53. The van der Waals surface area contributed by atoms with E-state index in [-0.39, 0.29) is 11.8 Å². The predicted octanol–water partition coefficient (Wildman–Crippen LogP) is 1.36. The molecule has 0 aromatic carbocycles. The smallest absolute Gasteiger partial charge is 0.201 e. The summed E-state index contributed by atoms with van der Waals surface area (Å²) in [5, 5.41) is 6.71. The van der Waals surface area contributed by atoms with Gasteiger partial charge in [0.05, 0.1) is 12.1 Å². The van der Waals surface area contributed by atoms with Crippen molar-refractivity contribution in [2.75, 3.05) is 5.88 Å². The van der Waals surface area contributed by atoms with E-state index in [4.69, 9.17) is 17.0 Å². The summed E-state index contributed by atoms with van der Waals surface area (Å²) in [6.45, 7) is 3.23. The van der Waals surface area contributed by atoms with Crippen molar-refractivity contribution < 1.29 is 4.74 Å². The molecule has 0 saturated heterocycles. The van der Waals surface area contributed by atoms with Crippen molar-refractivity contribution in [3.8, 4) is 0 Å². The van der Waals surface area contributed by atoms with Crippen LogP contribution in [0.1, 0.15) is 0 Å². The van der Waals surface area contributed by atoms with E-state index in [0.717, 1.165) is 0 Å². The van der Waals surface area contributed by atoms with Crippen molar-refractivity contribution in [2.45, 2.75) is 0 Å². The van der Waals surface area contributed by atoms with Crippen LogP contribution in [-0.4, -0.2) is 11.8 Å². The van der Waals surface area contributed by atoms with Gasteiger partial charge < -0.3 is 4.74 Å². The fourth-order valence-corrected chi connectivity index (χ4v) is 0.195. The number of alkyl halides is 1. The van der Waals surface area contributed by atoms with Gasteiger partial charge in [-0.25, -0.2) is 0 Å². The molecule has 40 valence electrons. The van der Waals surface area contributed by atoms with Crippen molar-refractivity contribution >= 4 is 17.5 Å². The zero-order chi connectivity index (χ0) is 5.70. The van der Waals surface area contributed by atoms with E-state index >= 15 is 0 Å². The van der Waals surface area contributed by atoms with Crippen molar-refractivity contribution in [3.63, 3.8) is 0 Å². The molecule has 2 nitrogen and oxygen atoms in total. The second-order valence-electron chi connectivity index (χ2n) is 0.841. The Hall–Kier alpha value is -0.500. The normalized spacial score (nSPS) is 7.57. The largest absolute Gasteiger partial charge is 0.451 e. The van der Waals surface area contributed by atoms with Gasteiger partial charge in [-0.2, -0.15) is 0 Å². The maximum Gasteiger partial charge on any atom is 0.201 e. The molecule has 0 radical (unpaired) electrons. The summed E-state index contributed by atoms with van der Waals surface area (Å²) in [6, 6.07) is 0. The number of hydrogen-bond donors (Lipinski definition) is 1. The molecular weight excluding hydrogens is 114 g/mol. The van der Waals surface area contributed by atoms with Crippen LogP contribution in [-0.2, 0) is 4.74 Å². The number of ether oxygens (including phenoxy) is 1. The third-order valence-corrected chi connectivity index (χ3v) is 0.590. The van der Waals surface area contributed by atoms with Crippen LogP contribution in [0.2, 0.25) is 0 Å². The number of hydrogen-bond acceptors (Lipinski definition) is 2. The quantitative estimate of drug-likeness (QED) is 0.253. The Balaban J connectivity index is 3.17. The first-order chi connectivity index (χ1) is 3.31. The van der Waals surface area contributed by atoms with E-state index in [0.29, 0.717) is 0 Å². The van der Waals surface area contributed by atoms with Crippen molar-refractivity contribution in [3.05, 3.63) is 12.8 Å². The van der Waals surface area contributed by atoms with Gasteiger partial charge in [0, 0.05) is 0 Å². The zero-order valence-electron chi connectivity index (χ0n) is 3.78. The lowest BCUT2D eigenvalue weighted by Gasteiger charge is -1.91. The monoisotopic (exact) mass is 119 g/mol. The average Bonchev–Trinajstić information content (AvgIpc) is 1.68. The molecule has 1 N–H and O–H groups in total. The first kappa shape index (κ1) is 6.50. The third-order valence-electron chi connectivity index (χ3n) is 0.347. The molecule has 0 fully saturated rings. The number of nitrogens with one attached hydrogen (secondary N) is 1. The standard InChI is InChI=1S/C4H6ClNO/c1-2-7-4(6)3-5/h2,6H,1,3H2. The van der Waals surface area contributed by atoms with Gasteiger partial charge in [0.25, 0.3) is 0 Å². The van der Waals surface area contributed by atoms with Gasteiger partial charge in [-0.3, -0.25) is 5.41 Å². The molecule has 0 aliphatic heterocycles. The van der Waals surface area contributed by atoms with Crippen LogP contribution < -0.4 is 0 Å². The van der Waals surface area contributed by atoms with Crippen LogP contribution in [0.15, 0.2) is 12.8 Å². The molecule has 0 aliphatic rings. The summed E-state index contributed by atoms with van der Waals surface area (Å²) < 4.78 is 4.41. The van der Waals surface area contributed by atoms with E-state index in [1.165, 1.54) is 6.26 Å². The molecular formula is C4H6ClNO. The van der Waals surface area contributed by atoms with E-state index in [1.54, 1.807) is 0 Å². The highest BCUT2D eigenvalue weighted by Gasteiger charge is 1.85. The van der Waals surface area contributed by atoms with Crippen molar-refractivity contribution in [2.24, 2.45) is 0 Å². The minimum absolute atomic E-state index is 0.0247. The molecule has 0 saturated carbocycles. The molecule has 7 heavy (non-hydrogen) atoms. The molecule has 0 amide bonds. The fourth-order valence-electron chi connectivity index (χ4n) is 0.132. The lowest BCUT2D eigenvalue weighted by Crippen LogP contribution is -1.97. The lowest BCUT2D eigenvalue weighted by molar-refractivity contribution is 0.467. The first-order valence-corrected chi connectivity index (χ1v) is 2.25. The predicted molar refractivity (Wildman–Crippen MR) is 29.7 cm³/mol. The first-order valence-electron chi connectivity index (χ1n) is 1.72. The second-order valence-corrected chi connectivity index (χ2v) is 1.11. The van der Waals surface area contributed by atoms with Gasteiger partial charge in [0.2, 0.25) is 5.90 Å². The minimum atomic E-state index is 0.0247. The lowest BCUT2D eigenvalue weighted by atomic mass is 10.8. The summed E-state index contributed by atoms with van der Waals surface area (Å²) in [4.78, 5) is 0. The summed E-state index contributed by atoms with van der Waals surface area (Å²) in [6.07, 6.45) is 1.17. The number of rotatable bonds is 2. The maximum absolute atomic E-state index is 6.71. The molecule has 0 spiro atoms. The summed E-state index contributed by atoms with van der Waals surface area (Å²) in [7, 11) is 0.